The van der Waals surface area contributed by atoms with Gasteiger partial charge in [0.2, 0.25) is 0 Å². The Morgan fingerprint density at radius 1 is 0.600 bits per heavy atom. The summed E-state index contributed by atoms with van der Waals surface area (Å²) in [7, 11) is 0. The van der Waals surface area contributed by atoms with Gasteiger partial charge in [-0.15, -0.1) is 0 Å². The standard InChI is InChI=1S/C30H26/c1-2-3-15-27-22-28(25-16-9-5-10-17-25)23-30(26-18-11-6-12-19-26)29(27)21-20-24-13-7-4-8-14-24/h4-14,16-19,22-23H,2-3,15H2,1H3. The molecule has 4 aromatic rings. The molecule has 146 valence electrons. The first-order chi connectivity index (χ1) is 14.8. The lowest BCUT2D eigenvalue weighted by atomic mass is 9.89. The summed E-state index contributed by atoms with van der Waals surface area (Å²) in [4.78, 5) is 0. The summed E-state index contributed by atoms with van der Waals surface area (Å²) in [5, 5.41) is 0. The minimum Gasteiger partial charge on any atom is -0.0654 e. The molecule has 0 aliphatic heterocycles. The summed E-state index contributed by atoms with van der Waals surface area (Å²) in [6.07, 6.45) is 3.37. The number of rotatable bonds is 5. The van der Waals surface area contributed by atoms with Crippen LogP contribution in [0.5, 0.6) is 0 Å². The first kappa shape index (κ1) is 19.7. The van der Waals surface area contributed by atoms with Crippen molar-refractivity contribution >= 4 is 0 Å². The molecule has 0 unspecified atom stereocenters. The summed E-state index contributed by atoms with van der Waals surface area (Å²) in [6, 6.07) is 36.2. The van der Waals surface area contributed by atoms with Crippen LogP contribution in [0.3, 0.4) is 0 Å². The monoisotopic (exact) mass is 386 g/mol. The number of hydrogen-bond acceptors (Lipinski definition) is 0. The lowest BCUT2D eigenvalue weighted by molar-refractivity contribution is 0.794. The molecule has 0 spiro atoms. The van der Waals surface area contributed by atoms with Crippen LogP contribution in [-0.2, 0) is 6.42 Å². The summed E-state index contributed by atoms with van der Waals surface area (Å²) >= 11 is 0. The molecule has 0 aromatic heterocycles. The highest BCUT2D eigenvalue weighted by Crippen LogP contribution is 2.33. The molecule has 0 saturated carbocycles. The van der Waals surface area contributed by atoms with E-state index in [2.05, 4.69) is 104 Å². The van der Waals surface area contributed by atoms with Gasteiger partial charge in [0.15, 0.2) is 0 Å². The topological polar surface area (TPSA) is 0 Å². The van der Waals surface area contributed by atoms with Crippen LogP contribution in [0.4, 0.5) is 0 Å². The number of hydrogen-bond donors (Lipinski definition) is 0. The smallest absolute Gasteiger partial charge is 0.0359 e. The highest BCUT2D eigenvalue weighted by atomic mass is 14.2. The predicted octanol–water partition coefficient (Wildman–Crippen LogP) is 7.76. The zero-order valence-corrected chi connectivity index (χ0v) is 17.4. The van der Waals surface area contributed by atoms with Crippen LogP contribution >= 0.6 is 0 Å². The van der Waals surface area contributed by atoms with Crippen LogP contribution < -0.4 is 0 Å². The Bertz CT molecular complexity index is 1140. The molecule has 0 heterocycles. The largest absolute Gasteiger partial charge is 0.0654 e. The lowest BCUT2D eigenvalue weighted by Crippen LogP contribution is -1.97. The van der Waals surface area contributed by atoms with Gasteiger partial charge in [-0.05, 0) is 64.9 Å². The molecule has 0 N–H and O–H groups in total. The quantitative estimate of drug-likeness (QED) is 0.307. The number of unbranched alkanes of at least 4 members (excludes halogenated alkanes) is 1. The van der Waals surface area contributed by atoms with Crippen molar-refractivity contribution < 1.29 is 0 Å². The second-order valence-electron chi connectivity index (χ2n) is 7.51. The van der Waals surface area contributed by atoms with Crippen LogP contribution in [0.2, 0.25) is 0 Å². The van der Waals surface area contributed by atoms with E-state index in [1.807, 2.05) is 18.2 Å². The maximum Gasteiger partial charge on any atom is 0.0359 e. The molecule has 0 bridgehead atoms. The highest BCUT2D eigenvalue weighted by molar-refractivity contribution is 5.80. The Balaban J connectivity index is 1.92. The van der Waals surface area contributed by atoms with E-state index in [1.165, 1.54) is 34.2 Å². The van der Waals surface area contributed by atoms with Gasteiger partial charge in [-0.1, -0.05) is 104 Å². The minimum absolute atomic E-state index is 1.04. The van der Waals surface area contributed by atoms with Crippen molar-refractivity contribution in [1.29, 1.82) is 0 Å². The summed E-state index contributed by atoms with van der Waals surface area (Å²) in [5.41, 5.74) is 8.46. The average Bonchev–Trinajstić information content (AvgIpc) is 2.83. The number of aryl methyl sites for hydroxylation is 1. The second kappa shape index (κ2) is 9.77. The SMILES string of the molecule is CCCCc1cc(-c2ccccc2)cc(-c2ccccc2)c1C#Cc1ccccc1. The third kappa shape index (κ3) is 4.70. The lowest BCUT2D eigenvalue weighted by Gasteiger charge is -2.15. The molecule has 0 atom stereocenters. The normalized spacial score (nSPS) is 10.3. The van der Waals surface area contributed by atoms with Gasteiger partial charge in [0.1, 0.15) is 0 Å². The maximum absolute atomic E-state index is 3.53. The molecule has 0 amide bonds. The Kier molecular flexibility index (Phi) is 6.43. The van der Waals surface area contributed by atoms with Crippen molar-refractivity contribution in [3.63, 3.8) is 0 Å². The van der Waals surface area contributed by atoms with Crippen molar-refractivity contribution in [2.24, 2.45) is 0 Å². The van der Waals surface area contributed by atoms with Gasteiger partial charge in [0.05, 0.1) is 0 Å². The highest BCUT2D eigenvalue weighted by Gasteiger charge is 2.12. The second-order valence-corrected chi connectivity index (χ2v) is 7.51. The van der Waals surface area contributed by atoms with Crippen molar-refractivity contribution in [2.75, 3.05) is 0 Å². The van der Waals surface area contributed by atoms with E-state index in [0.29, 0.717) is 0 Å². The van der Waals surface area contributed by atoms with Gasteiger partial charge < -0.3 is 0 Å². The third-order valence-corrected chi connectivity index (χ3v) is 5.32. The van der Waals surface area contributed by atoms with Crippen LogP contribution in [0.25, 0.3) is 22.3 Å². The molecule has 30 heavy (non-hydrogen) atoms. The van der Waals surface area contributed by atoms with Gasteiger partial charge >= 0.3 is 0 Å². The van der Waals surface area contributed by atoms with Gasteiger partial charge in [-0.3, -0.25) is 0 Å². The molecule has 0 aliphatic rings. The van der Waals surface area contributed by atoms with Crippen molar-refractivity contribution in [1.82, 2.24) is 0 Å². The fourth-order valence-electron chi connectivity index (χ4n) is 3.71. The fraction of sp³-hybridized carbons (Fsp3) is 0.133. The molecule has 4 rings (SSSR count). The van der Waals surface area contributed by atoms with Gasteiger partial charge in [0.25, 0.3) is 0 Å². The van der Waals surface area contributed by atoms with Gasteiger partial charge in [-0.2, -0.15) is 0 Å². The van der Waals surface area contributed by atoms with Crippen LogP contribution in [0.1, 0.15) is 36.5 Å². The zero-order chi connectivity index (χ0) is 20.6. The summed E-state index contributed by atoms with van der Waals surface area (Å²) in [5.74, 6) is 6.93. The molecule has 0 fully saturated rings. The molecular weight excluding hydrogens is 360 g/mol. The Morgan fingerprint density at radius 3 is 1.83 bits per heavy atom. The fourth-order valence-corrected chi connectivity index (χ4v) is 3.71. The molecule has 0 aliphatic carbocycles. The van der Waals surface area contributed by atoms with Crippen LogP contribution in [0.15, 0.2) is 103 Å². The van der Waals surface area contributed by atoms with E-state index >= 15 is 0 Å². The van der Waals surface area contributed by atoms with Gasteiger partial charge in [0, 0.05) is 11.1 Å². The van der Waals surface area contributed by atoms with Crippen molar-refractivity contribution in [3.05, 3.63) is 120 Å². The van der Waals surface area contributed by atoms with E-state index in [9.17, 15) is 0 Å². The van der Waals surface area contributed by atoms with Gasteiger partial charge in [-0.25, -0.2) is 0 Å². The van der Waals surface area contributed by atoms with Crippen LogP contribution in [0, 0.1) is 11.8 Å². The van der Waals surface area contributed by atoms with Crippen molar-refractivity contribution in [2.45, 2.75) is 26.2 Å². The molecule has 0 nitrogen and oxygen atoms in total. The van der Waals surface area contributed by atoms with E-state index in [4.69, 9.17) is 0 Å². The first-order valence-electron chi connectivity index (χ1n) is 10.7. The average molecular weight is 387 g/mol. The number of benzene rings is 4. The Labute approximate surface area is 180 Å². The predicted molar refractivity (Wildman–Crippen MR) is 128 cm³/mol. The molecular formula is C30H26. The first-order valence-corrected chi connectivity index (χ1v) is 10.7. The molecule has 4 aromatic carbocycles. The van der Waals surface area contributed by atoms with E-state index < -0.39 is 0 Å². The zero-order valence-electron chi connectivity index (χ0n) is 17.4. The molecule has 0 radical (unpaired) electrons. The maximum atomic E-state index is 3.53. The molecule has 0 heteroatoms. The van der Waals surface area contributed by atoms with Crippen molar-refractivity contribution in [3.8, 4) is 34.1 Å². The Morgan fingerprint density at radius 2 is 1.20 bits per heavy atom. The van der Waals surface area contributed by atoms with E-state index in [1.54, 1.807) is 0 Å². The minimum atomic E-state index is 1.04. The Hall–Kier alpha value is -3.56. The van der Waals surface area contributed by atoms with E-state index in [0.717, 1.165) is 24.0 Å². The third-order valence-electron chi connectivity index (χ3n) is 5.32. The van der Waals surface area contributed by atoms with E-state index in [-0.39, 0.29) is 0 Å². The summed E-state index contributed by atoms with van der Waals surface area (Å²) < 4.78 is 0. The molecule has 0 saturated heterocycles. The summed E-state index contributed by atoms with van der Waals surface area (Å²) in [6.45, 7) is 2.24. The van der Waals surface area contributed by atoms with Crippen LogP contribution in [-0.4, -0.2) is 0 Å².